The maximum Gasteiger partial charge on any atom is 0.334 e. The zero-order chi connectivity index (χ0) is 11.5. The molecule has 0 aromatic heterocycles. The highest BCUT2D eigenvalue weighted by atomic mass is 32.2. The predicted octanol–water partition coefficient (Wildman–Crippen LogP) is 2.36. The van der Waals surface area contributed by atoms with Gasteiger partial charge in [-0.05, 0) is 32.9 Å². The maximum absolute atomic E-state index is 11.4. The molecule has 0 aliphatic carbocycles. The average Bonchev–Trinajstić information content (AvgIpc) is 2.28. The molecule has 0 spiro atoms. The van der Waals surface area contributed by atoms with Crippen LogP contribution in [0.15, 0.2) is 12.2 Å². The first-order valence-corrected chi connectivity index (χ1v) is 6.10. The van der Waals surface area contributed by atoms with E-state index < -0.39 is 5.60 Å². The summed E-state index contributed by atoms with van der Waals surface area (Å²) >= 11 is 1.63. The van der Waals surface area contributed by atoms with Gasteiger partial charge in [-0.15, -0.1) is 11.8 Å². The van der Waals surface area contributed by atoms with E-state index in [1.807, 2.05) is 13.8 Å². The Morgan fingerprint density at radius 1 is 1.60 bits per heavy atom. The summed E-state index contributed by atoms with van der Waals surface area (Å²) in [7, 11) is 0. The molecule has 1 unspecified atom stereocenters. The van der Waals surface area contributed by atoms with Crippen LogP contribution in [0.4, 0.5) is 0 Å². The van der Waals surface area contributed by atoms with Gasteiger partial charge in [-0.1, -0.05) is 6.58 Å². The van der Waals surface area contributed by atoms with Crippen LogP contribution in [0.25, 0.3) is 0 Å². The van der Waals surface area contributed by atoms with Crippen molar-refractivity contribution in [1.29, 1.82) is 0 Å². The van der Waals surface area contributed by atoms with Crippen LogP contribution in [0.3, 0.4) is 0 Å². The summed E-state index contributed by atoms with van der Waals surface area (Å²) in [6.07, 6.45) is 0.995. The smallest absolute Gasteiger partial charge is 0.334 e. The summed E-state index contributed by atoms with van der Waals surface area (Å²) in [5, 5.41) is 0. The van der Waals surface area contributed by atoms with E-state index in [9.17, 15) is 4.79 Å². The average molecular weight is 230 g/mol. The van der Waals surface area contributed by atoms with E-state index in [-0.39, 0.29) is 11.4 Å². The molecule has 3 nitrogen and oxygen atoms in total. The number of thioether (sulfide) groups is 1. The van der Waals surface area contributed by atoms with E-state index in [0.29, 0.717) is 5.57 Å². The lowest BCUT2D eigenvalue weighted by Gasteiger charge is -2.31. The Morgan fingerprint density at radius 3 is 2.87 bits per heavy atom. The SMILES string of the molecule is C=C(C)C(=O)OC1SCCCOC1(C)C. The normalized spacial score (nSPS) is 25.4. The highest BCUT2D eigenvalue weighted by molar-refractivity contribution is 7.99. The van der Waals surface area contributed by atoms with Crippen LogP contribution < -0.4 is 0 Å². The molecule has 0 aromatic carbocycles. The van der Waals surface area contributed by atoms with Crippen molar-refractivity contribution in [3.8, 4) is 0 Å². The standard InChI is InChI=1S/C11H18O3S/c1-8(2)9(12)14-10-11(3,4)13-6-5-7-15-10/h10H,1,5-7H2,2-4H3. The van der Waals surface area contributed by atoms with Gasteiger partial charge < -0.3 is 9.47 Å². The van der Waals surface area contributed by atoms with Gasteiger partial charge in [-0.25, -0.2) is 4.79 Å². The second-order valence-corrected chi connectivity index (χ2v) is 5.36. The number of hydrogen-bond acceptors (Lipinski definition) is 4. The first-order chi connectivity index (χ1) is 6.93. The predicted molar refractivity (Wildman–Crippen MR) is 61.8 cm³/mol. The van der Waals surface area contributed by atoms with Crippen molar-refractivity contribution in [2.24, 2.45) is 0 Å². The molecule has 1 heterocycles. The first kappa shape index (κ1) is 12.6. The Hall–Kier alpha value is -0.480. The third-order valence-corrected chi connectivity index (χ3v) is 3.65. The van der Waals surface area contributed by atoms with E-state index in [2.05, 4.69) is 6.58 Å². The van der Waals surface area contributed by atoms with Crippen LogP contribution in [0.2, 0.25) is 0 Å². The lowest BCUT2D eigenvalue weighted by molar-refractivity contribution is -0.152. The Kier molecular flexibility index (Phi) is 4.22. The van der Waals surface area contributed by atoms with Gasteiger partial charge in [0, 0.05) is 12.2 Å². The van der Waals surface area contributed by atoms with Crippen LogP contribution in [-0.2, 0) is 14.3 Å². The minimum Gasteiger partial charge on any atom is -0.445 e. The molecule has 0 amide bonds. The fourth-order valence-electron chi connectivity index (χ4n) is 1.23. The number of carbonyl (C=O) groups is 1. The highest BCUT2D eigenvalue weighted by Crippen LogP contribution is 2.31. The third-order valence-electron chi connectivity index (χ3n) is 2.16. The molecule has 1 aliphatic rings. The maximum atomic E-state index is 11.4. The Balaban J connectivity index is 2.64. The van der Waals surface area contributed by atoms with Gasteiger partial charge >= 0.3 is 5.97 Å². The molecule has 0 aromatic rings. The van der Waals surface area contributed by atoms with Crippen molar-refractivity contribution in [2.45, 2.75) is 38.2 Å². The lowest BCUT2D eigenvalue weighted by Crippen LogP contribution is -2.39. The molecule has 0 saturated carbocycles. The molecule has 1 aliphatic heterocycles. The zero-order valence-electron chi connectivity index (χ0n) is 9.54. The molecule has 0 radical (unpaired) electrons. The number of esters is 1. The second kappa shape index (κ2) is 5.03. The van der Waals surface area contributed by atoms with Gasteiger partial charge in [-0.2, -0.15) is 0 Å². The molecular formula is C11H18O3S. The summed E-state index contributed by atoms with van der Waals surface area (Å²) in [5.41, 5.74) is -0.244. The summed E-state index contributed by atoms with van der Waals surface area (Å²) in [5.74, 6) is 0.614. The van der Waals surface area contributed by atoms with E-state index in [0.717, 1.165) is 18.8 Å². The van der Waals surface area contributed by atoms with Crippen LogP contribution in [0, 0.1) is 0 Å². The monoisotopic (exact) mass is 230 g/mol. The minimum absolute atomic E-state index is 0.246. The molecule has 0 N–H and O–H groups in total. The van der Waals surface area contributed by atoms with Gasteiger partial charge in [-0.3, -0.25) is 0 Å². The van der Waals surface area contributed by atoms with Gasteiger partial charge in [0.15, 0.2) is 5.44 Å². The molecule has 1 fully saturated rings. The summed E-state index contributed by atoms with van der Waals surface area (Å²) < 4.78 is 11.0. The first-order valence-electron chi connectivity index (χ1n) is 5.05. The lowest BCUT2D eigenvalue weighted by atomic mass is 10.1. The summed E-state index contributed by atoms with van der Waals surface area (Å²) in [6, 6.07) is 0. The van der Waals surface area contributed by atoms with Crippen molar-refractivity contribution < 1.29 is 14.3 Å². The van der Waals surface area contributed by atoms with Crippen molar-refractivity contribution in [2.75, 3.05) is 12.4 Å². The van der Waals surface area contributed by atoms with Gasteiger partial charge in [0.25, 0.3) is 0 Å². The second-order valence-electron chi connectivity index (χ2n) is 4.19. The van der Waals surface area contributed by atoms with Gasteiger partial charge in [0.2, 0.25) is 0 Å². The summed E-state index contributed by atoms with van der Waals surface area (Å²) in [4.78, 5) is 11.4. The number of ether oxygens (including phenoxy) is 2. The number of rotatable bonds is 2. The zero-order valence-corrected chi connectivity index (χ0v) is 10.4. The fraction of sp³-hybridized carbons (Fsp3) is 0.727. The van der Waals surface area contributed by atoms with Gasteiger partial charge in [0.05, 0.1) is 0 Å². The third kappa shape index (κ3) is 3.54. The van der Waals surface area contributed by atoms with Crippen LogP contribution in [-0.4, -0.2) is 29.4 Å². The largest absolute Gasteiger partial charge is 0.445 e. The number of carbonyl (C=O) groups excluding carboxylic acids is 1. The molecule has 1 atom stereocenters. The molecule has 1 saturated heterocycles. The van der Waals surface area contributed by atoms with Crippen molar-refractivity contribution in [3.63, 3.8) is 0 Å². The molecule has 1 rings (SSSR count). The minimum atomic E-state index is -0.424. The van der Waals surface area contributed by atoms with Crippen molar-refractivity contribution >= 4 is 17.7 Å². The van der Waals surface area contributed by atoms with Crippen LogP contribution in [0.1, 0.15) is 27.2 Å². The molecule has 86 valence electrons. The van der Waals surface area contributed by atoms with E-state index >= 15 is 0 Å². The molecular weight excluding hydrogens is 212 g/mol. The van der Waals surface area contributed by atoms with Crippen molar-refractivity contribution in [1.82, 2.24) is 0 Å². The Bertz CT molecular complexity index is 261. The van der Waals surface area contributed by atoms with Crippen LogP contribution in [0.5, 0.6) is 0 Å². The Labute approximate surface area is 95.2 Å². The number of hydrogen-bond donors (Lipinski definition) is 0. The van der Waals surface area contributed by atoms with Crippen molar-refractivity contribution in [3.05, 3.63) is 12.2 Å². The highest BCUT2D eigenvalue weighted by Gasteiger charge is 2.35. The summed E-state index contributed by atoms with van der Waals surface area (Å²) in [6.45, 7) is 9.83. The molecule has 4 heteroatoms. The fourth-order valence-corrected chi connectivity index (χ4v) is 2.35. The Morgan fingerprint density at radius 2 is 2.27 bits per heavy atom. The quantitative estimate of drug-likeness (QED) is 0.539. The molecule has 15 heavy (non-hydrogen) atoms. The van der Waals surface area contributed by atoms with E-state index in [1.165, 1.54) is 0 Å². The van der Waals surface area contributed by atoms with Gasteiger partial charge in [0.1, 0.15) is 5.60 Å². The van der Waals surface area contributed by atoms with E-state index in [4.69, 9.17) is 9.47 Å². The van der Waals surface area contributed by atoms with E-state index in [1.54, 1.807) is 18.7 Å². The van der Waals surface area contributed by atoms with Crippen LogP contribution >= 0.6 is 11.8 Å². The molecule has 0 bridgehead atoms. The topological polar surface area (TPSA) is 35.5 Å².